The first-order valence-corrected chi connectivity index (χ1v) is 8.56. The lowest BCUT2D eigenvalue weighted by atomic mass is 10.2. The number of benzene rings is 1. The standard InChI is InChI=1S/C15H16BrN5S/c1-9(17-7-13-18-8-19-21-13)14-10(2)20-15(22-14)11-5-3-4-6-12(11)16/h3-6,8-9,17H,7H2,1-2H3,(H,18,19,21). The average molecular weight is 378 g/mol. The molecule has 114 valence electrons. The molecule has 3 rings (SSSR count). The molecule has 0 amide bonds. The second kappa shape index (κ2) is 6.68. The molecule has 5 nitrogen and oxygen atoms in total. The van der Waals surface area contributed by atoms with Gasteiger partial charge in [0, 0.05) is 21.0 Å². The van der Waals surface area contributed by atoms with Crippen LogP contribution in [0, 0.1) is 6.92 Å². The van der Waals surface area contributed by atoms with Crippen molar-refractivity contribution in [2.45, 2.75) is 26.4 Å². The van der Waals surface area contributed by atoms with Gasteiger partial charge in [-0.3, -0.25) is 5.10 Å². The summed E-state index contributed by atoms with van der Waals surface area (Å²) < 4.78 is 1.07. The van der Waals surface area contributed by atoms with Crippen LogP contribution in [-0.4, -0.2) is 20.2 Å². The quantitative estimate of drug-likeness (QED) is 0.708. The first-order chi connectivity index (χ1) is 10.6. The number of nitrogens with one attached hydrogen (secondary N) is 2. The maximum atomic E-state index is 4.72. The van der Waals surface area contributed by atoms with Crippen molar-refractivity contribution in [3.05, 3.63) is 51.5 Å². The largest absolute Gasteiger partial charge is 0.302 e. The predicted octanol–water partition coefficient (Wildman–Crippen LogP) is 3.85. The molecule has 3 aromatic rings. The maximum Gasteiger partial charge on any atom is 0.138 e. The van der Waals surface area contributed by atoms with Gasteiger partial charge in [0.25, 0.3) is 0 Å². The molecule has 0 saturated heterocycles. The molecule has 0 saturated carbocycles. The van der Waals surface area contributed by atoms with Gasteiger partial charge < -0.3 is 5.32 Å². The molecule has 22 heavy (non-hydrogen) atoms. The summed E-state index contributed by atoms with van der Waals surface area (Å²) in [6, 6.07) is 8.37. The summed E-state index contributed by atoms with van der Waals surface area (Å²) >= 11 is 5.31. The molecule has 0 aliphatic rings. The molecule has 7 heteroatoms. The molecule has 2 N–H and O–H groups in total. The zero-order chi connectivity index (χ0) is 15.5. The lowest BCUT2D eigenvalue weighted by molar-refractivity contribution is 0.564. The Morgan fingerprint density at radius 1 is 1.36 bits per heavy atom. The molecule has 2 heterocycles. The third-order valence-corrected chi connectivity index (χ3v) is 5.44. The van der Waals surface area contributed by atoms with E-state index in [1.807, 2.05) is 18.2 Å². The van der Waals surface area contributed by atoms with Gasteiger partial charge in [0.05, 0.1) is 12.2 Å². The third-order valence-electron chi connectivity index (χ3n) is 3.37. The van der Waals surface area contributed by atoms with Gasteiger partial charge in [-0.1, -0.05) is 34.1 Å². The number of aromatic nitrogens is 4. The van der Waals surface area contributed by atoms with Crippen LogP contribution in [-0.2, 0) is 6.54 Å². The Bertz CT molecular complexity index is 753. The summed E-state index contributed by atoms with van der Waals surface area (Å²) in [4.78, 5) is 10.1. The number of hydrogen-bond donors (Lipinski definition) is 2. The Balaban J connectivity index is 1.78. The first-order valence-electron chi connectivity index (χ1n) is 6.95. The molecule has 1 aromatic carbocycles. The SMILES string of the molecule is Cc1nc(-c2ccccc2Br)sc1C(C)NCc1ncn[nH]1. The summed E-state index contributed by atoms with van der Waals surface area (Å²) in [6.07, 6.45) is 1.52. The van der Waals surface area contributed by atoms with E-state index in [0.717, 1.165) is 26.6 Å². The van der Waals surface area contributed by atoms with E-state index >= 15 is 0 Å². The molecule has 1 atom stereocenters. The van der Waals surface area contributed by atoms with Crippen molar-refractivity contribution in [2.75, 3.05) is 0 Å². The van der Waals surface area contributed by atoms with Gasteiger partial charge in [0.1, 0.15) is 17.2 Å². The molecular formula is C15H16BrN5S. The molecule has 0 fully saturated rings. The van der Waals surface area contributed by atoms with Gasteiger partial charge in [-0.15, -0.1) is 11.3 Å². The molecule has 0 radical (unpaired) electrons. The van der Waals surface area contributed by atoms with Gasteiger partial charge in [0.15, 0.2) is 0 Å². The number of H-pyrrole nitrogens is 1. The molecule has 2 aromatic heterocycles. The van der Waals surface area contributed by atoms with Crippen molar-refractivity contribution in [1.29, 1.82) is 0 Å². The van der Waals surface area contributed by atoms with Crippen LogP contribution in [0.4, 0.5) is 0 Å². The number of rotatable bonds is 5. The Kier molecular flexibility index (Phi) is 4.66. The fourth-order valence-corrected chi connectivity index (χ4v) is 3.95. The van der Waals surface area contributed by atoms with Crippen molar-refractivity contribution in [3.63, 3.8) is 0 Å². The van der Waals surface area contributed by atoms with E-state index in [1.165, 1.54) is 11.2 Å². The normalized spacial score (nSPS) is 12.5. The van der Waals surface area contributed by atoms with Crippen molar-refractivity contribution in [2.24, 2.45) is 0 Å². The van der Waals surface area contributed by atoms with Gasteiger partial charge in [-0.05, 0) is 19.9 Å². The minimum atomic E-state index is 0.207. The summed E-state index contributed by atoms with van der Waals surface area (Å²) in [5, 5.41) is 11.2. The molecular weight excluding hydrogens is 362 g/mol. The highest BCUT2D eigenvalue weighted by Gasteiger charge is 2.16. The Labute approximate surface area is 141 Å². The number of nitrogens with zero attached hydrogens (tertiary/aromatic N) is 3. The van der Waals surface area contributed by atoms with Gasteiger partial charge in [-0.25, -0.2) is 9.97 Å². The second-order valence-electron chi connectivity index (χ2n) is 4.98. The molecule has 0 aliphatic carbocycles. The monoisotopic (exact) mass is 377 g/mol. The lowest BCUT2D eigenvalue weighted by Crippen LogP contribution is -2.18. The van der Waals surface area contributed by atoms with Crippen LogP contribution in [0.2, 0.25) is 0 Å². The zero-order valence-corrected chi connectivity index (χ0v) is 14.7. The minimum Gasteiger partial charge on any atom is -0.302 e. The van der Waals surface area contributed by atoms with Gasteiger partial charge >= 0.3 is 0 Å². The molecule has 0 spiro atoms. The number of hydrogen-bond acceptors (Lipinski definition) is 5. The summed E-state index contributed by atoms with van der Waals surface area (Å²) in [7, 11) is 0. The topological polar surface area (TPSA) is 66.5 Å². The van der Waals surface area contributed by atoms with E-state index in [1.54, 1.807) is 11.3 Å². The fourth-order valence-electron chi connectivity index (χ4n) is 2.22. The van der Waals surface area contributed by atoms with E-state index in [-0.39, 0.29) is 6.04 Å². The number of thiazole rings is 1. The van der Waals surface area contributed by atoms with E-state index in [0.29, 0.717) is 6.54 Å². The van der Waals surface area contributed by atoms with E-state index in [4.69, 9.17) is 4.98 Å². The van der Waals surface area contributed by atoms with Crippen molar-refractivity contribution in [3.8, 4) is 10.6 Å². The molecule has 1 unspecified atom stereocenters. The number of aryl methyl sites for hydroxylation is 1. The van der Waals surface area contributed by atoms with Crippen molar-refractivity contribution < 1.29 is 0 Å². The summed E-state index contributed by atoms with van der Waals surface area (Å²) in [5.41, 5.74) is 2.19. The van der Waals surface area contributed by atoms with Crippen molar-refractivity contribution >= 4 is 27.3 Å². The van der Waals surface area contributed by atoms with Crippen LogP contribution in [0.1, 0.15) is 29.4 Å². The number of aromatic amines is 1. The van der Waals surface area contributed by atoms with Crippen LogP contribution >= 0.6 is 27.3 Å². The molecule has 0 aliphatic heterocycles. The van der Waals surface area contributed by atoms with Gasteiger partial charge in [-0.2, -0.15) is 5.10 Å². The predicted molar refractivity (Wildman–Crippen MR) is 91.6 cm³/mol. The third kappa shape index (κ3) is 3.26. The van der Waals surface area contributed by atoms with Gasteiger partial charge in [0.2, 0.25) is 0 Å². The molecule has 0 bridgehead atoms. The Morgan fingerprint density at radius 2 is 2.18 bits per heavy atom. The zero-order valence-electron chi connectivity index (χ0n) is 12.3. The average Bonchev–Trinajstić information content (AvgIpc) is 3.15. The van der Waals surface area contributed by atoms with E-state index in [2.05, 4.69) is 56.3 Å². The lowest BCUT2D eigenvalue weighted by Gasteiger charge is -2.11. The highest BCUT2D eigenvalue weighted by atomic mass is 79.9. The smallest absolute Gasteiger partial charge is 0.138 e. The van der Waals surface area contributed by atoms with E-state index < -0.39 is 0 Å². The fraction of sp³-hybridized carbons (Fsp3) is 0.267. The van der Waals surface area contributed by atoms with Crippen LogP contribution in [0.15, 0.2) is 35.1 Å². The second-order valence-corrected chi connectivity index (χ2v) is 6.87. The summed E-state index contributed by atoms with van der Waals surface area (Å²) in [5.74, 6) is 0.833. The first kappa shape index (κ1) is 15.3. The number of halogens is 1. The van der Waals surface area contributed by atoms with Crippen molar-refractivity contribution in [1.82, 2.24) is 25.5 Å². The Morgan fingerprint density at radius 3 is 2.91 bits per heavy atom. The van der Waals surface area contributed by atoms with Crippen LogP contribution in [0.3, 0.4) is 0 Å². The summed E-state index contributed by atoms with van der Waals surface area (Å²) in [6.45, 7) is 4.85. The minimum absolute atomic E-state index is 0.207. The Hall–Kier alpha value is -1.57. The highest BCUT2D eigenvalue weighted by molar-refractivity contribution is 9.10. The van der Waals surface area contributed by atoms with Crippen LogP contribution in [0.5, 0.6) is 0 Å². The van der Waals surface area contributed by atoms with E-state index in [9.17, 15) is 0 Å². The van der Waals surface area contributed by atoms with Crippen LogP contribution in [0.25, 0.3) is 10.6 Å². The highest BCUT2D eigenvalue weighted by Crippen LogP contribution is 2.35. The van der Waals surface area contributed by atoms with Crippen LogP contribution < -0.4 is 5.32 Å². The maximum absolute atomic E-state index is 4.72.